The van der Waals surface area contributed by atoms with E-state index in [1.807, 2.05) is 0 Å². The lowest BCUT2D eigenvalue weighted by molar-refractivity contribution is 0.304. The number of hydrogen-bond donors (Lipinski definition) is 0. The summed E-state index contributed by atoms with van der Waals surface area (Å²) >= 11 is 3.09. The lowest BCUT2D eigenvalue weighted by Gasteiger charge is -2.17. The summed E-state index contributed by atoms with van der Waals surface area (Å²) < 4.78 is 27.7. The molecule has 4 heteroatoms. The second kappa shape index (κ2) is 5.44. The third kappa shape index (κ3) is 2.86. The number of hydrogen-bond acceptors (Lipinski definition) is 1. The van der Waals surface area contributed by atoms with Crippen LogP contribution in [0.1, 0.15) is 25.3 Å². The Morgan fingerprint density at radius 3 is 2.82 bits per heavy atom. The van der Waals surface area contributed by atoms with Gasteiger partial charge in [0.15, 0.2) is 0 Å². The summed E-state index contributed by atoms with van der Waals surface area (Å²) in [7, 11) is 0. The highest BCUT2D eigenvalue weighted by Crippen LogP contribution is 2.26. The summed E-state index contributed by atoms with van der Waals surface area (Å²) in [4.78, 5) is 2.13. The first kappa shape index (κ1) is 13.0. The molecule has 0 N–H and O–H groups in total. The molecule has 2 rings (SSSR count). The zero-order valence-electron chi connectivity index (χ0n) is 9.85. The van der Waals surface area contributed by atoms with Gasteiger partial charge in [-0.3, -0.25) is 4.90 Å². The Bertz CT molecular complexity index is 409. The van der Waals surface area contributed by atoms with Gasteiger partial charge in [-0.2, -0.15) is 0 Å². The topological polar surface area (TPSA) is 3.24 Å². The van der Waals surface area contributed by atoms with Gasteiger partial charge in [0.05, 0.1) is 4.47 Å². The average molecular weight is 304 g/mol. The van der Waals surface area contributed by atoms with Gasteiger partial charge >= 0.3 is 0 Å². The predicted octanol–water partition coefficient (Wildman–Crippen LogP) is 3.96. The fourth-order valence-electron chi connectivity index (χ4n) is 2.33. The second-order valence-corrected chi connectivity index (χ2v) is 5.47. The molecule has 1 unspecified atom stereocenters. The molecule has 1 heterocycles. The molecule has 0 bridgehead atoms. The smallest absolute Gasteiger partial charge is 0.144 e. The molecule has 1 atom stereocenters. The van der Waals surface area contributed by atoms with E-state index in [0.717, 1.165) is 25.9 Å². The molecule has 1 aromatic carbocycles. The Morgan fingerprint density at radius 2 is 2.18 bits per heavy atom. The van der Waals surface area contributed by atoms with Crippen molar-refractivity contribution in [1.29, 1.82) is 0 Å². The van der Waals surface area contributed by atoms with E-state index in [-0.39, 0.29) is 5.56 Å². The van der Waals surface area contributed by atoms with Crippen LogP contribution < -0.4 is 0 Å². The first-order chi connectivity index (χ1) is 8.11. The van der Waals surface area contributed by atoms with E-state index >= 15 is 0 Å². The van der Waals surface area contributed by atoms with Gasteiger partial charge in [-0.05, 0) is 46.9 Å². The van der Waals surface area contributed by atoms with Crippen molar-refractivity contribution in [3.8, 4) is 0 Å². The normalized spacial score (nSPS) is 21.1. The van der Waals surface area contributed by atoms with Crippen LogP contribution in [0.4, 0.5) is 8.78 Å². The minimum Gasteiger partial charge on any atom is -0.299 e. The van der Waals surface area contributed by atoms with E-state index in [1.54, 1.807) is 0 Å². The van der Waals surface area contributed by atoms with Gasteiger partial charge in [0, 0.05) is 18.7 Å². The fourth-order valence-corrected chi connectivity index (χ4v) is 2.70. The summed E-state index contributed by atoms with van der Waals surface area (Å²) in [6.45, 7) is 4.41. The summed E-state index contributed by atoms with van der Waals surface area (Å²) in [6, 6.07) is 2.73. The minimum atomic E-state index is -0.468. The van der Waals surface area contributed by atoms with Gasteiger partial charge < -0.3 is 0 Å². The Balaban J connectivity index is 2.11. The highest BCUT2D eigenvalue weighted by atomic mass is 79.9. The van der Waals surface area contributed by atoms with Crippen LogP contribution in [0.3, 0.4) is 0 Å². The van der Waals surface area contributed by atoms with Gasteiger partial charge in [-0.25, -0.2) is 8.78 Å². The SMILES string of the molecule is CCC1CCN(Cc2c(F)ccc(Br)c2F)C1. The number of nitrogens with zero attached hydrogens (tertiary/aromatic N) is 1. The van der Waals surface area contributed by atoms with Crippen molar-refractivity contribution in [3.05, 3.63) is 33.8 Å². The third-order valence-electron chi connectivity index (χ3n) is 3.47. The highest BCUT2D eigenvalue weighted by molar-refractivity contribution is 9.10. The molecule has 0 spiro atoms. The van der Waals surface area contributed by atoms with Crippen molar-refractivity contribution in [3.63, 3.8) is 0 Å². The minimum absolute atomic E-state index is 0.177. The quantitative estimate of drug-likeness (QED) is 0.764. The van der Waals surface area contributed by atoms with Gasteiger partial charge in [-0.15, -0.1) is 0 Å². The molecule has 94 valence electrons. The lowest BCUT2D eigenvalue weighted by atomic mass is 10.1. The second-order valence-electron chi connectivity index (χ2n) is 4.62. The van der Waals surface area contributed by atoms with Crippen molar-refractivity contribution < 1.29 is 8.78 Å². The van der Waals surface area contributed by atoms with Crippen molar-refractivity contribution >= 4 is 15.9 Å². The highest BCUT2D eigenvalue weighted by Gasteiger charge is 2.23. The molecule has 1 aliphatic heterocycles. The van der Waals surface area contributed by atoms with E-state index in [4.69, 9.17) is 0 Å². The van der Waals surface area contributed by atoms with E-state index in [0.29, 0.717) is 16.9 Å². The number of rotatable bonds is 3. The van der Waals surface area contributed by atoms with Crippen LogP contribution in [0.15, 0.2) is 16.6 Å². The van der Waals surface area contributed by atoms with Crippen LogP contribution in [0, 0.1) is 17.6 Å². The maximum absolute atomic E-state index is 13.8. The fraction of sp³-hybridized carbons (Fsp3) is 0.538. The average Bonchev–Trinajstić information content (AvgIpc) is 2.77. The zero-order chi connectivity index (χ0) is 12.4. The molecule has 1 fully saturated rings. The Labute approximate surface area is 109 Å². The van der Waals surface area contributed by atoms with Crippen LogP contribution in [0.5, 0.6) is 0 Å². The summed E-state index contributed by atoms with van der Waals surface area (Å²) in [5.41, 5.74) is 0.177. The van der Waals surface area contributed by atoms with Gasteiger partial charge in [0.25, 0.3) is 0 Å². The first-order valence-corrected chi connectivity index (χ1v) is 6.75. The van der Waals surface area contributed by atoms with Gasteiger partial charge in [0.2, 0.25) is 0 Å². The van der Waals surface area contributed by atoms with Gasteiger partial charge in [-0.1, -0.05) is 13.3 Å². The van der Waals surface area contributed by atoms with Crippen LogP contribution in [0.2, 0.25) is 0 Å². The van der Waals surface area contributed by atoms with Crippen LogP contribution >= 0.6 is 15.9 Å². The Kier molecular flexibility index (Phi) is 4.15. The summed E-state index contributed by atoms with van der Waals surface area (Å²) in [5, 5.41) is 0. The maximum Gasteiger partial charge on any atom is 0.144 e. The molecule has 1 nitrogen and oxygen atoms in total. The van der Waals surface area contributed by atoms with Gasteiger partial charge in [0.1, 0.15) is 11.6 Å². The molecule has 0 amide bonds. The molecular formula is C13H16BrF2N. The third-order valence-corrected chi connectivity index (χ3v) is 4.08. The number of benzene rings is 1. The predicted molar refractivity (Wildman–Crippen MR) is 67.7 cm³/mol. The molecule has 0 aromatic heterocycles. The molecule has 0 saturated carbocycles. The largest absolute Gasteiger partial charge is 0.299 e. The maximum atomic E-state index is 13.8. The van der Waals surface area contributed by atoms with E-state index in [1.165, 1.54) is 12.1 Å². The van der Waals surface area contributed by atoms with Crippen molar-refractivity contribution in [2.75, 3.05) is 13.1 Å². The molecule has 0 aliphatic carbocycles. The molecular weight excluding hydrogens is 288 g/mol. The first-order valence-electron chi connectivity index (χ1n) is 5.96. The Morgan fingerprint density at radius 1 is 1.41 bits per heavy atom. The molecule has 0 radical (unpaired) electrons. The molecule has 1 aromatic rings. The van der Waals surface area contributed by atoms with Crippen LogP contribution in [-0.4, -0.2) is 18.0 Å². The van der Waals surface area contributed by atoms with E-state index < -0.39 is 11.6 Å². The Hall–Kier alpha value is -0.480. The summed E-state index contributed by atoms with van der Waals surface area (Å²) in [5.74, 6) is -0.246. The van der Waals surface area contributed by atoms with Crippen LogP contribution in [-0.2, 0) is 6.54 Å². The lowest BCUT2D eigenvalue weighted by Crippen LogP contribution is -2.21. The molecule has 1 aliphatic rings. The van der Waals surface area contributed by atoms with Crippen molar-refractivity contribution in [2.24, 2.45) is 5.92 Å². The standard InChI is InChI=1S/C13H16BrF2N/c1-2-9-5-6-17(7-9)8-10-12(15)4-3-11(14)13(10)16/h3-4,9H,2,5-8H2,1H3. The van der Waals surface area contributed by atoms with Crippen LogP contribution in [0.25, 0.3) is 0 Å². The van der Waals surface area contributed by atoms with Crippen molar-refractivity contribution in [1.82, 2.24) is 4.90 Å². The van der Waals surface area contributed by atoms with Crippen molar-refractivity contribution in [2.45, 2.75) is 26.3 Å². The number of halogens is 3. The van der Waals surface area contributed by atoms with E-state index in [9.17, 15) is 8.78 Å². The summed E-state index contributed by atoms with van der Waals surface area (Å²) in [6.07, 6.45) is 2.27. The zero-order valence-corrected chi connectivity index (χ0v) is 11.4. The number of likely N-dealkylation sites (tertiary alicyclic amines) is 1. The van der Waals surface area contributed by atoms with E-state index in [2.05, 4.69) is 27.8 Å². The molecule has 17 heavy (non-hydrogen) atoms. The monoisotopic (exact) mass is 303 g/mol. The molecule has 1 saturated heterocycles.